The first kappa shape index (κ1) is 20.5. The Kier molecular flexibility index (Phi) is 6.49. The smallest absolute Gasteiger partial charge is 0.324 e. The number of hydrogen-bond donors (Lipinski definition) is 2. The van der Waals surface area contributed by atoms with Gasteiger partial charge in [-0.1, -0.05) is 35.3 Å². The number of nitrogens with zero attached hydrogens (tertiary/aromatic N) is 1. The second-order valence-electron chi connectivity index (χ2n) is 6.16. The number of amides is 4. The third-order valence-corrected chi connectivity index (χ3v) is 5.87. The number of nitrogens with one attached hydrogen (secondary N) is 2. The van der Waals surface area contributed by atoms with E-state index >= 15 is 0 Å². The van der Waals surface area contributed by atoms with Gasteiger partial charge in [0.1, 0.15) is 0 Å². The fraction of sp³-hybridized carbons (Fsp3) is 0.211. The summed E-state index contributed by atoms with van der Waals surface area (Å²) in [6, 6.07) is 11.7. The van der Waals surface area contributed by atoms with Gasteiger partial charge in [0, 0.05) is 15.6 Å². The lowest BCUT2D eigenvalue weighted by molar-refractivity contribution is -0.125. The molecule has 0 aliphatic carbocycles. The van der Waals surface area contributed by atoms with Gasteiger partial charge >= 0.3 is 6.03 Å². The normalized spacial score (nSPS) is 14.8. The Hall–Kier alpha value is -2.22. The zero-order valence-electron chi connectivity index (χ0n) is 14.9. The largest absolute Gasteiger partial charge is 0.329 e. The molecule has 2 N–H and O–H groups in total. The van der Waals surface area contributed by atoms with Crippen LogP contribution in [0.5, 0.6) is 0 Å². The van der Waals surface area contributed by atoms with Crippen molar-refractivity contribution in [3.8, 4) is 0 Å². The summed E-state index contributed by atoms with van der Waals surface area (Å²) >= 11 is 13.5. The van der Waals surface area contributed by atoms with Crippen molar-refractivity contribution in [3.05, 3.63) is 58.1 Å². The first-order valence-electron chi connectivity index (χ1n) is 8.43. The summed E-state index contributed by atoms with van der Waals surface area (Å²) in [6.45, 7) is 1.93. The molecule has 2 aromatic rings. The topological polar surface area (TPSA) is 78.5 Å². The van der Waals surface area contributed by atoms with E-state index in [-0.39, 0.29) is 24.9 Å². The molecule has 1 saturated heterocycles. The summed E-state index contributed by atoms with van der Waals surface area (Å²) in [6.07, 6.45) is 0. The highest BCUT2D eigenvalue weighted by molar-refractivity contribution is 8.00. The number of imide groups is 1. The Bertz CT molecular complexity index is 922. The number of rotatable bonds is 6. The molecule has 1 atom stereocenters. The van der Waals surface area contributed by atoms with Crippen LogP contribution >= 0.6 is 35.0 Å². The van der Waals surface area contributed by atoms with E-state index in [4.69, 9.17) is 23.2 Å². The number of hydrogen-bond acceptors (Lipinski definition) is 4. The molecule has 0 bridgehead atoms. The number of anilines is 1. The van der Waals surface area contributed by atoms with Gasteiger partial charge in [0.05, 0.1) is 23.4 Å². The van der Waals surface area contributed by atoms with Gasteiger partial charge in [0.15, 0.2) is 0 Å². The summed E-state index contributed by atoms with van der Waals surface area (Å²) in [5, 5.41) is 5.99. The maximum Gasteiger partial charge on any atom is 0.324 e. The highest BCUT2D eigenvalue weighted by atomic mass is 35.5. The summed E-state index contributed by atoms with van der Waals surface area (Å²) in [7, 11) is 0. The van der Waals surface area contributed by atoms with Gasteiger partial charge in [0.25, 0.3) is 0 Å². The van der Waals surface area contributed by atoms with Gasteiger partial charge < -0.3 is 10.6 Å². The van der Waals surface area contributed by atoms with Crippen molar-refractivity contribution in [2.75, 3.05) is 11.9 Å². The van der Waals surface area contributed by atoms with Crippen LogP contribution in [0, 0.1) is 0 Å². The van der Waals surface area contributed by atoms with Gasteiger partial charge in [-0.25, -0.2) is 4.79 Å². The summed E-state index contributed by atoms with van der Waals surface area (Å²) < 4.78 is 0. The molecule has 1 heterocycles. The van der Waals surface area contributed by atoms with E-state index in [0.29, 0.717) is 15.7 Å². The minimum Gasteiger partial charge on any atom is -0.329 e. The molecule has 3 rings (SSSR count). The summed E-state index contributed by atoms with van der Waals surface area (Å²) in [5.41, 5.74) is 1.32. The molecule has 1 aliphatic rings. The van der Waals surface area contributed by atoms with Crippen molar-refractivity contribution in [3.63, 3.8) is 0 Å². The molecular weight excluding hydrogens is 421 g/mol. The Morgan fingerprint density at radius 2 is 2.04 bits per heavy atom. The van der Waals surface area contributed by atoms with Crippen LogP contribution in [0.1, 0.15) is 12.5 Å². The molecule has 0 spiro atoms. The molecule has 4 amide bonds. The van der Waals surface area contributed by atoms with Crippen LogP contribution in [0.25, 0.3) is 0 Å². The van der Waals surface area contributed by atoms with Crippen molar-refractivity contribution >= 4 is 58.5 Å². The molecule has 28 heavy (non-hydrogen) atoms. The fourth-order valence-corrected chi connectivity index (χ4v) is 4.01. The fourth-order valence-electron chi connectivity index (χ4n) is 2.60. The molecule has 0 radical (unpaired) electrons. The van der Waals surface area contributed by atoms with Crippen molar-refractivity contribution in [2.45, 2.75) is 23.6 Å². The number of carbonyl (C=O) groups is 3. The maximum absolute atomic E-state index is 12.5. The summed E-state index contributed by atoms with van der Waals surface area (Å²) in [5.74, 6) is -0.476. The minimum absolute atomic E-state index is 0.00998. The lowest BCUT2D eigenvalue weighted by atomic mass is 10.2. The number of halogens is 2. The number of thioether (sulfide) groups is 1. The van der Waals surface area contributed by atoms with Crippen molar-refractivity contribution in [1.82, 2.24) is 10.2 Å². The average molecular weight is 438 g/mol. The standard InChI is InChI=1S/C19H17Cl2N3O3S/c1-11(28-16-8-13(20)5-6-15(16)21)18(26)23-14-4-2-3-12(7-14)10-24-17(25)9-22-19(24)27/h2-8,11H,9-10H2,1H3,(H,22,27)(H,23,26). The molecule has 1 aliphatic heterocycles. The molecule has 6 nitrogen and oxygen atoms in total. The van der Waals surface area contributed by atoms with E-state index in [1.165, 1.54) is 11.8 Å². The Morgan fingerprint density at radius 1 is 1.25 bits per heavy atom. The number of carbonyl (C=O) groups excluding carboxylic acids is 3. The highest BCUT2D eigenvalue weighted by Gasteiger charge is 2.28. The Labute approximate surface area is 176 Å². The van der Waals surface area contributed by atoms with E-state index < -0.39 is 11.3 Å². The van der Waals surface area contributed by atoms with E-state index in [0.717, 1.165) is 15.4 Å². The quantitative estimate of drug-likeness (QED) is 0.525. The van der Waals surface area contributed by atoms with E-state index in [9.17, 15) is 14.4 Å². The van der Waals surface area contributed by atoms with Crippen LogP contribution in [0.15, 0.2) is 47.4 Å². The molecule has 146 valence electrons. The van der Waals surface area contributed by atoms with Gasteiger partial charge in [0.2, 0.25) is 11.8 Å². The molecular formula is C19H17Cl2N3O3S. The average Bonchev–Trinajstić information content (AvgIpc) is 2.97. The first-order chi connectivity index (χ1) is 13.3. The SMILES string of the molecule is CC(Sc1cc(Cl)ccc1Cl)C(=O)Nc1cccc(CN2C(=O)CNC2=O)c1. The zero-order chi connectivity index (χ0) is 20.3. The third-order valence-electron chi connectivity index (χ3n) is 4.04. The van der Waals surface area contributed by atoms with Crippen LogP contribution in [0.3, 0.4) is 0 Å². The summed E-state index contributed by atoms with van der Waals surface area (Å²) in [4.78, 5) is 37.8. The second-order valence-corrected chi connectivity index (χ2v) is 8.39. The monoisotopic (exact) mass is 437 g/mol. The molecule has 2 aromatic carbocycles. The number of urea groups is 1. The van der Waals surface area contributed by atoms with Crippen LogP contribution in [0.2, 0.25) is 10.0 Å². The molecule has 0 saturated carbocycles. The van der Waals surface area contributed by atoms with Gasteiger partial charge in [-0.2, -0.15) is 0 Å². The van der Waals surface area contributed by atoms with Gasteiger partial charge in [-0.05, 0) is 42.8 Å². The van der Waals surface area contributed by atoms with Crippen molar-refractivity contribution < 1.29 is 14.4 Å². The second kappa shape index (κ2) is 8.86. The molecule has 1 fully saturated rings. The molecule has 9 heteroatoms. The van der Waals surface area contributed by atoms with E-state index in [1.807, 2.05) is 0 Å². The van der Waals surface area contributed by atoms with Crippen molar-refractivity contribution in [1.29, 1.82) is 0 Å². The predicted molar refractivity (Wildman–Crippen MR) is 111 cm³/mol. The van der Waals surface area contributed by atoms with Crippen LogP contribution in [-0.4, -0.2) is 34.5 Å². The van der Waals surface area contributed by atoms with Gasteiger partial charge in [-0.3, -0.25) is 14.5 Å². The highest BCUT2D eigenvalue weighted by Crippen LogP contribution is 2.33. The molecule has 1 unspecified atom stereocenters. The van der Waals surface area contributed by atoms with Crippen LogP contribution in [0.4, 0.5) is 10.5 Å². The Morgan fingerprint density at radius 3 is 2.75 bits per heavy atom. The molecule has 0 aromatic heterocycles. The van der Waals surface area contributed by atoms with Crippen molar-refractivity contribution in [2.24, 2.45) is 0 Å². The number of benzene rings is 2. The van der Waals surface area contributed by atoms with Crippen LogP contribution < -0.4 is 10.6 Å². The third kappa shape index (κ3) is 4.98. The first-order valence-corrected chi connectivity index (χ1v) is 10.1. The zero-order valence-corrected chi connectivity index (χ0v) is 17.2. The van der Waals surface area contributed by atoms with Gasteiger partial charge in [-0.15, -0.1) is 11.8 Å². The predicted octanol–water partition coefficient (Wildman–Crippen LogP) is 4.16. The maximum atomic E-state index is 12.5. The lowest BCUT2D eigenvalue weighted by Gasteiger charge is -2.15. The van der Waals surface area contributed by atoms with Crippen LogP contribution in [-0.2, 0) is 16.1 Å². The van der Waals surface area contributed by atoms with E-state index in [2.05, 4.69) is 10.6 Å². The minimum atomic E-state index is -0.414. The van der Waals surface area contributed by atoms with E-state index in [1.54, 1.807) is 49.4 Å². The lowest BCUT2D eigenvalue weighted by Crippen LogP contribution is -2.30. The Balaban J connectivity index is 1.64.